The minimum absolute atomic E-state index is 0.0429. The zero-order chi connectivity index (χ0) is 21.1. The van der Waals surface area contributed by atoms with Crippen LogP contribution in [0.2, 0.25) is 0 Å². The van der Waals surface area contributed by atoms with Gasteiger partial charge >= 0.3 is 5.69 Å². The molecule has 3 rings (SSSR count). The summed E-state index contributed by atoms with van der Waals surface area (Å²) < 4.78 is 1.62. The number of aromatic nitrogens is 2. The van der Waals surface area contributed by atoms with Crippen molar-refractivity contribution in [1.82, 2.24) is 14.7 Å². The predicted molar refractivity (Wildman–Crippen MR) is 111 cm³/mol. The van der Waals surface area contributed by atoms with Crippen molar-refractivity contribution in [3.05, 3.63) is 92.8 Å². The lowest BCUT2D eigenvalue weighted by Gasteiger charge is -2.25. The normalized spacial score (nSPS) is 11.9. The molecular formula is C22H24N4O3. The highest BCUT2D eigenvalue weighted by atomic mass is 16.6. The lowest BCUT2D eigenvalue weighted by molar-refractivity contribution is -0.386. The van der Waals surface area contributed by atoms with E-state index in [0.717, 1.165) is 11.1 Å². The van der Waals surface area contributed by atoms with Crippen LogP contribution in [-0.2, 0) is 6.54 Å². The molecule has 1 aromatic heterocycles. The van der Waals surface area contributed by atoms with Gasteiger partial charge in [-0.2, -0.15) is 5.10 Å². The molecule has 2 aromatic carbocycles. The maximum absolute atomic E-state index is 12.8. The number of hydrogen-bond acceptors (Lipinski definition) is 4. The summed E-state index contributed by atoms with van der Waals surface area (Å²) in [6.07, 6.45) is 0. The second kappa shape index (κ2) is 8.26. The lowest BCUT2D eigenvalue weighted by atomic mass is 10.1. The molecule has 0 fully saturated rings. The first kappa shape index (κ1) is 20.3. The lowest BCUT2D eigenvalue weighted by Crippen LogP contribution is -2.29. The van der Waals surface area contributed by atoms with Crippen molar-refractivity contribution >= 4 is 11.6 Å². The van der Waals surface area contributed by atoms with Crippen LogP contribution in [0.5, 0.6) is 0 Å². The van der Waals surface area contributed by atoms with E-state index in [1.165, 1.54) is 0 Å². The van der Waals surface area contributed by atoms with Crippen molar-refractivity contribution in [3.63, 3.8) is 0 Å². The molecule has 1 heterocycles. The molecule has 0 bridgehead atoms. The average molecular weight is 392 g/mol. The van der Waals surface area contributed by atoms with Gasteiger partial charge in [0.05, 0.1) is 17.5 Å². The summed E-state index contributed by atoms with van der Waals surface area (Å²) in [6.45, 7) is 5.73. The van der Waals surface area contributed by atoms with Crippen LogP contribution < -0.4 is 0 Å². The third-order valence-corrected chi connectivity index (χ3v) is 5.24. The van der Waals surface area contributed by atoms with Gasteiger partial charge in [-0.3, -0.25) is 19.6 Å². The van der Waals surface area contributed by atoms with E-state index in [4.69, 9.17) is 0 Å². The molecule has 150 valence electrons. The summed E-state index contributed by atoms with van der Waals surface area (Å²) in [5.74, 6) is -0.0605. The Morgan fingerprint density at radius 2 is 1.76 bits per heavy atom. The maximum atomic E-state index is 12.8. The van der Waals surface area contributed by atoms with Crippen LogP contribution in [0.15, 0.2) is 54.6 Å². The third kappa shape index (κ3) is 4.18. The second-order valence-corrected chi connectivity index (χ2v) is 7.13. The topological polar surface area (TPSA) is 81.3 Å². The second-order valence-electron chi connectivity index (χ2n) is 7.13. The Morgan fingerprint density at radius 1 is 1.14 bits per heavy atom. The first-order valence-electron chi connectivity index (χ1n) is 9.39. The highest BCUT2D eigenvalue weighted by Gasteiger charge is 2.22. The molecule has 0 saturated heterocycles. The molecule has 1 amide bonds. The summed E-state index contributed by atoms with van der Waals surface area (Å²) in [6, 6.07) is 17.1. The SMILES string of the molecule is Cc1nn(Cc2ccc(C(=O)N(C)C(C)c3ccccc3)cc2)c(C)c1[N+](=O)[O-]. The summed E-state index contributed by atoms with van der Waals surface area (Å²) >= 11 is 0. The quantitative estimate of drug-likeness (QED) is 0.463. The fourth-order valence-electron chi connectivity index (χ4n) is 3.37. The summed E-state index contributed by atoms with van der Waals surface area (Å²) in [5.41, 5.74) is 3.55. The minimum Gasteiger partial charge on any atom is -0.335 e. The smallest absolute Gasteiger partial charge is 0.312 e. The monoisotopic (exact) mass is 392 g/mol. The number of aryl methyl sites for hydroxylation is 1. The largest absolute Gasteiger partial charge is 0.335 e. The Bertz CT molecular complexity index is 1030. The minimum atomic E-state index is -0.403. The molecule has 0 aliphatic carbocycles. The number of carbonyl (C=O) groups is 1. The average Bonchev–Trinajstić information content (AvgIpc) is 3.00. The Morgan fingerprint density at radius 3 is 2.31 bits per heavy atom. The number of rotatable bonds is 6. The van der Waals surface area contributed by atoms with Crippen molar-refractivity contribution in [1.29, 1.82) is 0 Å². The number of nitrogens with zero attached hydrogens (tertiary/aromatic N) is 4. The molecule has 0 radical (unpaired) electrons. The Kier molecular flexibility index (Phi) is 5.77. The predicted octanol–water partition coefficient (Wildman–Crippen LogP) is 4.29. The molecule has 29 heavy (non-hydrogen) atoms. The molecule has 1 unspecified atom stereocenters. The van der Waals surface area contributed by atoms with E-state index in [-0.39, 0.29) is 17.6 Å². The number of benzene rings is 2. The van der Waals surface area contributed by atoms with Crippen molar-refractivity contribution in [3.8, 4) is 0 Å². The van der Waals surface area contributed by atoms with Gasteiger partial charge in [0.15, 0.2) is 0 Å². The van der Waals surface area contributed by atoms with E-state index >= 15 is 0 Å². The first-order valence-corrected chi connectivity index (χ1v) is 9.39. The van der Waals surface area contributed by atoms with Gasteiger partial charge in [-0.1, -0.05) is 42.5 Å². The van der Waals surface area contributed by atoms with E-state index in [1.807, 2.05) is 49.4 Å². The number of amides is 1. The van der Waals surface area contributed by atoms with Crippen molar-refractivity contribution < 1.29 is 9.72 Å². The van der Waals surface area contributed by atoms with E-state index in [0.29, 0.717) is 23.5 Å². The van der Waals surface area contributed by atoms with Crippen molar-refractivity contribution in [2.24, 2.45) is 0 Å². The van der Waals surface area contributed by atoms with E-state index < -0.39 is 4.92 Å². The first-order chi connectivity index (χ1) is 13.8. The summed E-state index contributed by atoms with van der Waals surface area (Å²) in [4.78, 5) is 25.3. The van der Waals surface area contributed by atoms with Crippen molar-refractivity contribution in [2.75, 3.05) is 7.05 Å². The van der Waals surface area contributed by atoms with Gasteiger partial charge in [-0.25, -0.2) is 0 Å². The van der Waals surface area contributed by atoms with Crippen LogP contribution in [0.25, 0.3) is 0 Å². The highest BCUT2D eigenvalue weighted by molar-refractivity contribution is 5.94. The molecule has 0 spiro atoms. The Labute approximate surface area is 169 Å². The number of carbonyl (C=O) groups excluding carboxylic acids is 1. The molecule has 7 nitrogen and oxygen atoms in total. The molecule has 1 atom stereocenters. The third-order valence-electron chi connectivity index (χ3n) is 5.24. The number of nitro groups is 1. The van der Waals surface area contributed by atoms with Crippen LogP contribution in [0, 0.1) is 24.0 Å². The van der Waals surface area contributed by atoms with E-state index in [9.17, 15) is 14.9 Å². The van der Waals surface area contributed by atoms with E-state index in [1.54, 1.807) is 42.6 Å². The van der Waals surface area contributed by atoms with Gasteiger partial charge in [0.1, 0.15) is 11.4 Å². The Hall–Kier alpha value is -3.48. The molecule has 0 aliphatic heterocycles. The van der Waals surface area contributed by atoms with Crippen molar-refractivity contribution in [2.45, 2.75) is 33.4 Å². The fraction of sp³-hybridized carbons (Fsp3) is 0.273. The van der Waals surface area contributed by atoms with Crippen LogP contribution in [-0.4, -0.2) is 32.6 Å². The molecule has 0 aliphatic rings. The standard InChI is InChI=1S/C22H24N4O3/c1-15-21(26(28)29)17(3)25(23-15)14-18-10-12-20(13-11-18)22(27)24(4)16(2)19-8-6-5-7-9-19/h5-13,16H,14H2,1-4H3. The van der Waals surface area contributed by atoms with Gasteiger partial charge in [0, 0.05) is 12.6 Å². The van der Waals surface area contributed by atoms with Gasteiger partial charge in [0.2, 0.25) is 0 Å². The van der Waals surface area contributed by atoms with Crippen LogP contribution in [0.1, 0.15) is 45.8 Å². The molecular weight excluding hydrogens is 368 g/mol. The zero-order valence-electron chi connectivity index (χ0n) is 17.0. The van der Waals surface area contributed by atoms with Gasteiger partial charge in [-0.05, 0) is 44.0 Å². The molecule has 7 heteroatoms. The van der Waals surface area contributed by atoms with Crippen LogP contribution in [0.3, 0.4) is 0 Å². The summed E-state index contributed by atoms with van der Waals surface area (Å²) in [5, 5.41) is 15.4. The zero-order valence-corrected chi connectivity index (χ0v) is 17.0. The van der Waals surface area contributed by atoms with Gasteiger partial charge in [-0.15, -0.1) is 0 Å². The molecule has 0 N–H and O–H groups in total. The molecule has 0 saturated carbocycles. The maximum Gasteiger partial charge on any atom is 0.312 e. The van der Waals surface area contributed by atoms with Gasteiger partial charge in [0.25, 0.3) is 5.91 Å². The summed E-state index contributed by atoms with van der Waals surface area (Å²) in [7, 11) is 1.79. The molecule has 3 aromatic rings. The fourth-order valence-corrected chi connectivity index (χ4v) is 3.37. The highest BCUT2D eigenvalue weighted by Crippen LogP contribution is 2.23. The Balaban J connectivity index is 1.74. The van der Waals surface area contributed by atoms with E-state index in [2.05, 4.69) is 5.10 Å². The number of hydrogen-bond donors (Lipinski definition) is 0. The van der Waals surface area contributed by atoms with Crippen LogP contribution >= 0.6 is 0 Å². The van der Waals surface area contributed by atoms with Gasteiger partial charge < -0.3 is 4.90 Å². The van der Waals surface area contributed by atoms with Crippen LogP contribution in [0.4, 0.5) is 5.69 Å².